The van der Waals surface area contributed by atoms with E-state index in [-0.39, 0.29) is 17.6 Å². The van der Waals surface area contributed by atoms with Gasteiger partial charge in [0.25, 0.3) is 0 Å². The Morgan fingerprint density at radius 2 is 1.10 bits per heavy atom. The molecule has 5 nitrogen and oxygen atoms in total. The van der Waals surface area contributed by atoms with Crippen LogP contribution in [0.5, 0.6) is 5.75 Å². The Hall–Kier alpha value is -6.07. The van der Waals surface area contributed by atoms with Crippen LogP contribution in [0.15, 0.2) is 134 Å². The van der Waals surface area contributed by atoms with Gasteiger partial charge in [-0.15, -0.1) is 0 Å². The maximum atomic E-state index is 11.9. The zero-order valence-electron chi connectivity index (χ0n) is 37.0. The summed E-state index contributed by atoms with van der Waals surface area (Å²) in [7, 11) is 0. The van der Waals surface area contributed by atoms with Crippen molar-refractivity contribution in [3.8, 4) is 45.2 Å². The van der Waals surface area contributed by atoms with Crippen molar-refractivity contribution in [2.24, 2.45) is 0 Å². The van der Waals surface area contributed by atoms with Gasteiger partial charge >= 0.3 is 0 Å². The summed E-state index contributed by atoms with van der Waals surface area (Å²) in [6.45, 7) is 23.6. The first-order valence-electron chi connectivity index (χ1n) is 21.8. The van der Waals surface area contributed by atoms with Gasteiger partial charge in [-0.2, -0.15) is 0 Å². The lowest BCUT2D eigenvalue weighted by atomic mass is 9.87. The van der Waals surface area contributed by atoms with E-state index in [0.717, 1.165) is 39.2 Å². The van der Waals surface area contributed by atoms with Crippen LogP contribution in [0.3, 0.4) is 0 Å². The fourth-order valence-electron chi connectivity index (χ4n) is 8.78. The highest BCUT2D eigenvalue weighted by Gasteiger charge is 2.27. The highest BCUT2D eigenvalue weighted by molar-refractivity contribution is 5.94. The molecule has 1 N–H and O–H groups in total. The number of nitrogens with zero attached hydrogens (tertiary/aromatic N) is 4. The van der Waals surface area contributed by atoms with Gasteiger partial charge in [-0.1, -0.05) is 154 Å². The molecular formula is C55H60N4O. The summed E-state index contributed by atoms with van der Waals surface area (Å²) in [6.07, 6.45) is 6.63. The van der Waals surface area contributed by atoms with Gasteiger partial charge in [0.2, 0.25) is 0 Å². The van der Waals surface area contributed by atoms with Crippen LogP contribution in [-0.4, -0.2) is 21.3 Å². The maximum absolute atomic E-state index is 11.9. The molecule has 306 valence electrons. The van der Waals surface area contributed by atoms with E-state index in [4.69, 9.17) is 4.98 Å². The lowest BCUT2D eigenvalue weighted by Crippen LogP contribution is -2.26. The predicted octanol–water partition coefficient (Wildman–Crippen LogP) is 15.1. The number of hydrogen-bond acceptors (Lipinski definition) is 4. The van der Waals surface area contributed by atoms with Crippen molar-refractivity contribution < 1.29 is 5.11 Å². The fraction of sp³-hybridized carbons (Fsp3) is 0.291. The predicted molar refractivity (Wildman–Crippen MR) is 255 cm³/mol. The van der Waals surface area contributed by atoms with Crippen LogP contribution in [0.1, 0.15) is 127 Å². The molecular weight excluding hydrogens is 733 g/mol. The first-order valence-corrected chi connectivity index (χ1v) is 21.8. The van der Waals surface area contributed by atoms with E-state index in [0.29, 0.717) is 30.0 Å². The highest BCUT2D eigenvalue weighted by Crippen LogP contribution is 2.44. The number of aromatic nitrogens is 2. The molecule has 7 aromatic rings. The summed E-state index contributed by atoms with van der Waals surface area (Å²) < 4.78 is 2.26. The molecule has 2 heterocycles. The van der Waals surface area contributed by atoms with Crippen LogP contribution in [0, 0.1) is 0 Å². The van der Waals surface area contributed by atoms with Crippen LogP contribution in [0.4, 0.5) is 11.4 Å². The third kappa shape index (κ3) is 7.62. The second-order valence-electron chi connectivity index (χ2n) is 18.1. The molecule has 0 spiro atoms. The maximum Gasteiger partial charge on any atom is 0.149 e. The number of fused-ring (bicyclic) bond motifs is 1. The molecule has 0 saturated heterocycles. The Morgan fingerprint density at radius 1 is 0.517 bits per heavy atom. The lowest BCUT2D eigenvalue weighted by molar-refractivity contribution is 0.483. The van der Waals surface area contributed by atoms with E-state index in [9.17, 15) is 5.11 Å². The molecule has 8 rings (SSSR count). The summed E-state index contributed by atoms with van der Waals surface area (Å²) in [5.41, 5.74) is 15.3. The van der Waals surface area contributed by atoms with E-state index in [2.05, 4.69) is 187 Å². The molecule has 1 aromatic heterocycles. The molecule has 5 heteroatoms. The van der Waals surface area contributed by atoms with Crippen molar-refractivity contribution >= 4 is 22.1 Å². The number of anilines is 2. The van der Waals surface area contributed by atoms with Crippen molar-refractivity contribution in [1.29, 1.82) is 0 Å². The Labute approximate surface area is 357 Å². The number of phenols is 1. The van der Waals surface area contributed by atoms with Gasteiger partial charge < -0.3 is 14.9 Å². The highest BCUT2D eigenvalue weighted by atomic mass is 16.3. The summed E-state index contributed by atoms with van der Waals surface area (Å²) in [6, 6.07) is 41.2. The quantitative estimate of drug-likeness (QED) is 0.142. The number of hydrogen-bond donors (Lipinski definition) is 1. The number of phenolic OH excluding ortho intramolecular Hbond substituents is 1. The first-order chi connectivity index (χ1) is 28.8. The van der Waals surface area contributed by atoms with Gasteiger partial charge in [0.15, 0.2) is 0 Å². The van der Waals surface area contributed by atoms with Crippen LogP contribution in [0.25, 0.3) is 50.2 Å². The topological polar surface area (TPSA) is 44.5 Å². The summed E-state index contributed by atoms with van der Waals surface area (Å²) in [5, 5.41) is 13.8. The third-order valence-electron chi connectivity index (χ3n) is 12.2. The molecule has 6 aromatic carbocycles. The normalized spacial score (nSPS) is 13.1. The second kappa shape index (κ2) is 16.5. The lowest BCUT2D eigenvalue weighted by Gasteiger charge is -2.29. The third-order valence-corrected chi connectivity index (χ3v) is 12.2. The van der Waals surface area contributed by atoms with Crippen LogP contribution < -0.4 is 9.80 Å². The number of benzene rings is 6. The minimum Gasteiger partial charge on any atom is -0.507 e. The molecule has 1 aliphatic rings. The Kier molecular flexibility index (Phi) is 11.2. The fourth-order valence-corrected chi connectivity index (χ4v) is 8.78. The molecule has 0 fully saturated rings. The average Bonchev–Trinajstić information content (AvgIpc) is 3.92. The largest absolute Gasteiger partial charge is 0.507 e. The molecule has 1 aliphatic heterocycles. The second-order valence-corrected chi connectivity index (χ2v) is 18.1. The number of imidazole rings is 1. The van der Waals surface area contributed by atoms with Gasteiger partial charge in [0.1, 0.15) is 11.6 Å². The van der Waals surface area contributed by atoms with Crippen molar-refractivity contribution in [1.82, 2.24) is 9.55 Å². The Balaban J connectivity index is 1.23. The molecule has 0 unspecified atom stereocenters. The molecule has 0 bridgehead atoms. The minimum atomic E-state index is 0.247. The monoisotopic (exact) mass is 792 g/mol. The Morgan fingerprint density at radius 3 is 1.73 bits per heavy atom. The summed E-state index contributed by atoms with van der Waals surface area (Å²) in [5.74, 6) is 2.63. The minimum absolute atomic E-state index is 0.247. The van der Waals surface area contributed by atoms with Gasteiger partial charge in [0, 0.05) is 40.9 Å². The van der Waals surface area contributed by atoms with E-state index in [1.165, 1.54) is 44.6 Å². The zero-order chi connectivity index (χ0) is 42.4. The van der Waals surface area contributed by atoms with Crippen molar-refractivity contribution in [2.45, 2.75) is 98.8 Å². The number of aromatic hydroxyl groups is 1. The molecule has 60 heavy (non-hydrogen) atoms. The molecule has 0 atom stereocenters. The van der Waals surface area contributed by atoms with E-state index < -0.39 is 0 Å². The summed E-state index contributed by atoms with van der Waals surface area (Å²) in [4.78, 5) is 10.2. The summed E-state index contributed by atoms with van der Waals surface area (Å²) >= 11 is 0. The van der Waals surface area contributed by atoms with Crippen molar-refractivity contribution in [3.05, 3.63) is 162 Å². The molecule has 0 amide bonds. The van der Waals surface area contributed by atoms with Crippen molar-refractivity contribution in [3.63, 3.8) is 0 Å². The molecule has 0 radical (unpaired) electrons. The zero-order valence-corrected chi connectivity index (χ0v) is 37.0. The van der Waals surface area contributed by atoms with Crippen LogP contribution in [0.2, 0.25) is 0 Å². The van der Waals surface area contributed by atoms with Crippen molar-refractivity contribution in [2.75, 3.05) is 16.5 Å². The van der Waals surface area contributed by atoms with Gasteiger partial charge in [-0.25, -0.2) is 4.98 Å². The van der Waals surface area contributed by atoms with Gasteiger partial charge in [-0.05, 0) is 104 Å². The van der Waals surface area contributed by atoms with Crippen LogP contribution in [-0.2, 0) is 0 Å². The molecule has 0 aliphatic carbocycles. The van der Waals surface area contributed by atoms with Crippen LogP contribution >= 0.6 is 0 Å². The van der Waals surface area contributed by atoms with Gasteiger partial charge in [-0.3, -0.25) is 4.57 Å². The SMILES string of the molecule is CC(C)c1cc(C(C)C)c(-n2cc(-c3cccc(N4C=CN(c5c(C(C)C)cc(-c6ccccc6)cc5C(C)C)C4)c3)nc2-c2ccc3ccccc3c2O)c(C(C)C)c1. The standard InChI is InChI=1S/C55H60N4O/c1-34(2)42-28-49(37(7)8)53(50(29-42)38(9)10)59-32-51(56-55(59)46-24-23-40-19-14-15-22-45(40)54(46)60)41-20-16-21-44(27-41)57-25-26-58(33-57)52-47(35(3)4)30-43(31-48(52)36(5)6)39-17-12-11-13-18-39/h11-32,34-38,60H,33H2,1-10H3. The number of rotatable bonds is 11. The van der Waals surface area contributed by atoms with E-state index in [1.54, 1.807) is 0 Å². The smallest absolute Gasteiger partial charge is 0.149 e. The van der Waals surface area contributed by atoms with E-state index in [1.807, 2.05) is 30.3 Å². The average molecular weight is 793 g/mol. The molecule has 0 saturated carbocycles. The first kappa shape index (κ1) is 40.7. The Bertz CT molecular complexity index is 2640. The van der Waals surface area contributed by atoms with E-state index >= 15 is 0 Å². The van der Waals surface area contributed by atoms with Gasteiger partial charge in [0.05, 0.1) is 23.6 Å².